The van der Waals surface area contributed by atoms with E-state index < -0.39 is 18.1 Å². The molecule has 0 unspecified atom stereocenters. The Morgan fingerprint density at radius 1 is 0.938 bits per heavy atom. The summed E-state index contributed by atoms with van der Waals surface area (Å²) in [6.07, 6.45) is -0.619. The number of para-hydroxylation sites is 1. The van der Waals surface area contributed by atoms with E-state index in [2.05, 4.69) is 0 Å². The summed E-state index contributed by atoms with van der Waals surface area (Å²) in [7, 11) is 0. The summed E-state index contributed by atoms with van der Waals surface area (Å²) in [5.74, 6) is -0.748. The lowest BCUT2D eigenvalue weighted by molar-refractivity contribution is -0.129. The third-order valence-electron chi connectivity index (χ3n) is 5.69. The fourth-order valence-corrected chi connectivity index (χ4v) is 4.31. The van der Waals surface area contributed by atoms with Gasteiger partial charge in [0.05, 0.1) is 23.9 Å². The van der Waals surface area contributed by atoms with Gasteiger partial charge in [-0.1, -0.05) is 72.3 Å². The Kier molecular flexibility index (Phi) is 5.37. The van der Waals surface area contributed by atoms with Crippen molar-refractivity contribution in [3.8, 4) is 0 Å². The molecule has 32 heavy (non-hydrogen) atoms. The van der Waals surface area contributed by atoms with Gasteiger partial charge in [0.1, 0.15) is 12.6 Å². The second kappa shape index (κ2) is 8.48. The Hall–Kier alpha value is -3.64. The molecule has 7 heteroatoms. The van der Waals surface area contributed by atoms with E-state index in [1.807, 2.05) is 72.8 Å². The smallest absolute Gasteiger partial charge is 0.416 e. The number of nitrogens with zero attached hydrogens (tertiary/aromatic N) is 3. The zero-order valence-electron chi connectivity index (χ0n) is 17.1. The van der Waals surface area contributed by atoms with Gasteiger partial charge in [-0.3, -0.25) is 9.80 Å². The summed E-state index contributed by atoms with van der Waals surface area (Å²) in [5, 5.41) is 7.25. The number of cyclic esters (lactones) is 1. The summed E-state index contributed by atoms with van der Waals surface area (Å²) in [4.78, 5) is 27.2. The minimum atomic E-state index is -0.751. The molecule has 1 fully saturated rings. The molecule has 5 rings (SSSR count). The van der Waals surface area contributed by atoms with Crippen LogP contribution >= 0.6 is 11.6 Å². The zero-order valence-corrected chi connectivity index (χ0v) is 17.9. The summed E-state index contributed by atoms with van der Waals surface area (Å²) in [5.41, 5.74) is 3.32. The van der Waals surface area contributed by atoms with E-state index in [0.29, 0.717) is 5.02 Å². The minimum absolute atomic E-state index is 0.195. The van der Waals surface area contributed by atoms with Crippen LogP contribution in [0.4, 0.5) is 10.5 Å². The zero-order chi connectivity index (χ0) is 22.1. The molecule has 0 aromatic heterocycles. The van der Waals surface area contributed by atoms with Gasteiger partial charge < -0.3 is 4.74 Å². The van der Waals surface area contributed by atoms with Crippen molar-refractivity contribution < 1.29 is 14.3 Å². The van der Waals surface area contributed by atoms with Crippen LogP contribution < -0.4 is 5.01 Å². The van der Waals surface area contributed by atoms with Crippen molar-refractivity contribution in [2.45, 2.75) is 12.0 Å². The number of anilines is 1. The fourth-order valence-electron chi connectivity index (χ4n) is 4.19. The van der Waals surface area contributed by atoms with E-state index in [0.717, 1.165) is 22.5 Å². The van der Waals surface area contributed by atoms with E-state index in [-0.39, 0.29) is 19.1 Å². The van der Waals surface area contributed by atoms with Crippen LogP contribution in [0.5, 0.6) is 0 Å². The normalized spacial score (nSPS) is 20.3. The first-order chi connectivity index (χ1) is 15.6. The first kappa shape index (κ1) is 20.3. The average Bonchev–Trinajstić information content (AvgIpc) is 3.44. The van der Waals surface area contributed by atoms with Crippen LogP contribution in [0.2, 0.25) is 5.02 Å². The van der Waals surface area contributed by atoms with Gasteiger partial charge in [-0.25, -0.2) is 9.69 Å². The number of imide groups is 1. The number of hydrogen-bond acceptors (Lipinski definition) is 5. The molecule has 0 spiro atoms. The van der Waals surface area contributed by atoms with Gasteiger partial charge in [0.25, 0.3) is 5.91 Å². The van der Waals surface area contributed by atoms with E-state index >= 15 is 0 Å². The van der Waals surface area contributed by atoms with E-state index in [4.69, 9.17) is 21.4 Å². The topological polar surface area (TPSA) is 62.2 Å². The van der Waals surface area contributed by atoms with E-state index in [9.17, 15) is 9.59 Å². The maximum atomic E-state index is 13.8. The van der Waals surface area contributed by atoms with E-state index in [1.54, 1.807) is 17.1 Å². The second-order valence-electron chi connectivity index (χ2n) is 7.61. The Morgan fingerprint density at radius 3 is 2.22 bits per heavy atom. The Balaban J connectivity index is 1.67. The number of hydrogen-bond donors (Lipinski definition) is 0. The monoisotopic (exact) mass is 445 g/mol. The van der Waals surface area contributed by atoms with Crippen molar-refractivity contribution in [2.75, 3.05) is 18.2 Å². The maximum Gasteiger partial charge on any atom is 0.416 e. The van der Waals surface area contributed by atoms with E-state index in [1.165, 1.54) is 4.90 Å². The van der Waals surface area contributed by atoms with Crippen molar-refractivity contribution in [1.82, 2.24) is 4.90 Å². The van der Waals surface area contributed by atoms with Gasteiger partial charge >= 0.3 is 6.09 Å². The van der Waals surface area contributed by atoms with Crippen molar-refractivity contribution in [3.05, 3.63) is 101 Å². The lowest BCUT2D eigenvalue weighted by Gasteiger charge is -2.29. The summed E-state index contributed by atoms with van der Waals surface area (Å²) in [6, 6.07) is 25.9. The molecular formula is C25H20ClN3O3. The van der Waals surface area contributed by atoms with Crippen LogP contribution in [0.15, 0.2) is 90.0 Å². The molecule has 3 aromatic carbocycles. The molecule has 0 saturated carbocycles. The van der Waals surface area contributed by atoms with Crippen LogP contribution in [0.3, 0.4) is 0 Å². The molecule has 6 nitrogen and oxygen atoms in total. The molecule has 2 heterocycles. The van der Waals surface area contributed by atoms with Crippen LogP contribution in [0.25, 0.3) is 0 Å². The average molecular weight is 446 g/mol. The van der Waals surface area contributed by atoms with Crippen molar-refractivity contribution >= 4 is 35.0 Å². The molecule has 2 amide bonds. The highest BCUT2D eigenvalue weighted by atomic mass is 35.5. The first-order valence-corrected chi connectivity index (χ1v) is 10.7. The molecule has 0 bridgehead atoms. The Labute approximate surface area is 190 Å². The molecule has 2 atom stereocenters. The molecular weight excluding hydrogens is 426 g/mol. The minimum Gasteiger partial charge on any atom is -0.447 e. The highest BCUT2D eigenvalue weighted by molar-refractivity contribution is 6.30. The predicted octanol–water partition coefficient (Wildman–Crippen LogP) is 4.70. The fraction of sp³-hybridized carbons (Fsp3) is 0.160. The number of benzene rings is 3. The number of ether oxygens (including phenoxy) is 1. The van der Waals surface area contributed by atoms with Crippen LogP contribution in [-0.2, 0) is 9.53 Å². The lowest BCUT2D eigenvalue weighted by Crippen LogP contribution is -2.48. The maximum absolute atomic E-state index is 13.8. The predicted molar refractivity (Wildman–Crippen MR) is 123 cm³/mol. The standard InChI is InChI=1S/C25H20ClN3O3/c26-19-13-11-17(12-14-19)21-22(18-7-3-1-4-8-18)27-29(20-9-5-2-6-10-20)23(21)24(30)28-15-16-32-25(28)31/h1-14,21,23H,15-16H2/t21-,23-/m1/s1. The lowest BCUT2D eigenvalue weighted by atomic mass is 9.84. The SMILES string of the molecule is O=C1OCCN1C(=O)[C@H]1[C@H](c2ccc(Cl)cc2)C(c2ccccc2)=NN1c1ccccc1. The third kappa shape index (κ3) is 3.63. The van der Waals surface area contributed by atoms with Crippen molar-refractivity contribution in [3.63, 3.8) is 0 Å². The molecule has 2 aliphatic heterocycles. The third-order valence-corrected chi connectivity index (χ3v) is 5.94. The van der Waals surface area contributed by atoms with Gasteiger partial charge in [-0.05, 0) is 35.4 Å². The summed E-state index contributed by atoms with van der Waals surface area (Å²) in [6.45, 7) is 0.422. The van der Waals surface area contributed by atoms with Gasteiger partial charge in [0.2, 0.25) is 0 Å². The second-order valence-corrected chi connectivity index (χ2v) is 8.05. The number of carbonyl (C=O) groups is 2. The highest BCUT2D eigenvalue weighted by Crippen LogP contribution is 2.38. The van der Waals surface area contributed by atoms with Gasteiger partial charge in [0, 0.05) is 5.02 Å². The highest BCUT2D eigenvalue weighted by Gasteiger charge is 2.48. The number of halogens is 1. The van der Waals surface area contributed by atoms with Gasteiger partial charge in [-0.15, -0.1) is 0 Å². The number of hydrazone groups is 1. The molecule has 0 radical (unpaired) electrons. The number of rotatable bonds is 4. The molecule has 3 aromatic rings. The molecule has 1 saturated heterocycles. The van der Waals surface area contributed by atoms with Crippen LogP contribution in [0, 0.1) is 0 Å². The Morgan fingerprint density at radius 2 is 1.59 bits per heavy atom. The summed E-state index contributed by atoms with van der Waals surface area (Å²) < 4.78 is 5.05. The number of amides is 2. The molecule has 160 valence electrons. The molecule has 2 aliphatic rings. The first-order valence-electron chi connectivity index (χ1n) is 10.4. The van der Waals surface area contributed by atoms with Crippen molar-refractivity contribution in [1.29, 1.82) is 0 Å². The van der Waals surface area contributed by atoms with Crippen LogP contribution in [-0.4, -0.2) is 41.8 Å². The molecule has 0 aliphatic carbocycles. The Bertz CT molecular complexity index is 1170. The van der Waals surface area contributed by atoms with Crippen molar-refractivity contribution in [2.24, 2.45) is 5.10 Å². The van der Waals surface area contributed by atoms with Gasteiger partial charge in [-0.2, -0.15) is 5.10 Å². The molecule has 0 N–H and O–H groups in total. The largest absolute Gasteiger partial charge is 0.447 e. The quantitative estimate of drug-likeness (QED) is 0.584. The van der Waals surface area contributed by atoms with Crippen LogP contribution in [0.1, 0.15) is 17.0 Å². The number of carbonyl (C=O) groups excluding carboxylic acids is 2. The van der Waals surface area contributed by atoms with Gasteiger partial charge in [0.15, 0.2) is 0 Å². The summed E-state index contributed by atoms with van der Waals surface area (Å²) >= 11 is 6.14.